The minimum absolute atomic E-state index is 0.385. The van der Waals surface area contributed by atoms with Gasteiger partial charge in [0.15, 0.2) is 0 Å². The van der Waals surface area contributed by atoms with Gasteiger partial charge in [-0.2, -0.15) is 0 Å². The van der Waals surface area contributed by atoms with Gasteiger partial charge in [0, 0.05) is 5.22 Å². The van der Waals surface area contributed by atoms with Crippen LogP contribution in [-0.4, -0.2) is 32.5 Å². The third kappa shape index (κ3) is 6.45. The molecule has 0 N–H and O–H groups in total. The number of rotatable bonds is 10. The molecule has 136 valence electrons. The summed E-state index contributed by atoms with van der Waals surface area (Å²) in [6.45, 7) is 7.71. The van der Waals surface area contributed by atoms with Crippen molar-refractivity contribution in [3.8, 4) is 5.75 Å². The van der Waals surface area contributed by atoms with Gasteiger partial charge in [-0.1, -0.05) is 64.5 Å². The fourth-order valence-corrected chi connectivity index (χ4v) is 2.91. The standard InChI is InChI=1S/C11H14O.C10H20O2/c1-2-3-4-7-12-11-8-9-5-6-10(9)11;1-2-3-4-5-6-10-9-11-7-8-12-10/h5-6,8H,2-4,7H2,1H3;10H,2-9H2,1H3. The molecule has 0 aromatic rings. The maximum absolute atomic E-state index is 5.57. The largest absolute Gasteiger partial charge is 0.493 e. The van der Waals surface area contributed by atoms with Crippen LogP contribution in [0.1, 0.15) is 65.2 Å². The predicted octanol–water partition coefficient (Wildman–Crippen LogP) is 5.23. The summed E-state index contributed by atoms with van der Waals surface area (Å²) in [5.74, 6) is 1.10. The predicted molar refractivity (Wildman–Crippen MR) is 98.5 cm³/mol. The highest BCUT2D eigenvalue weighted by atomic mass is 16.6. The Morgan fingerprint density at radius 3 is 2.42 bits per heavy atom. The SMILES string of the molecule is CCCCCCC1COCCO1.CCCCCOc1cc2ccc1=2. The van der Waals surface area contributed by atoms with Gasteiger partial charge in [0.2, 0.25) is 0 Å². The fraction of sp³-hybridized carbons (Fsp3) is 0.714. The molecule has 1 saturated heterocycles. The highest BCUT2D eigenvalue weighted by Gasteiger charge is 2.12. The Hall–Kier alpha value is -1.06. The second-order valence-electron chi connectivity index (χ2n) is 6.68. The molecule has 1 aliphatic heterocycles. The summed E-state index contributed by atoms with van der Waals surface area (Å²) < 4.78 is 16.4. The Balaban J connectivity index is 0.000000174. The van der Waals surface area contributed by atoms with Crippen LogP contribution in [0.5, 0.6) is 5.75 Å². The van der Waals surface area contributed by atoms with Crippen LogP contribution in [0, 0.1) is 10.4 Å². The van der Waals surface area contributed by atoms with Gasteiger partial charge in [-0.25, -0.2) is 0 Å². The Labute approximate surface area is 147 Å². The van der Waals surface area contributed by atoms with Crippen molar-refractivity contribution in [2.24, 2.45) is 0 Å². The van der Waals surface area contributed by atoms with E-state index in [0.29, 0.717) is 6.10 Å². The van der Waals surface area contributed by atoms with Gasteiger partial charge in [0.1, 0.15) is 5.75 Å². The highest BCUT2D eigenvalue weighted by molar-refractivity contribution is 5.38. The molecule has 0 radical (unpaired) electrons. The maximum atomic E-state index is 5.57. The van der Waals surface area contributed by atoms with Crippen LogP contribution in [0.15, 0.2) is 18.2 Å². The average Bonchev–Trinajstić information content (AvgIpc) is 2.60. The molecule has 3 nitrogen and oxygen atoms in total. The molecule has 0 aromatic heterocycles. The number of hydrogen-bond acceptors (Lipinski definition) is 3. The Morgan fingerprint density at radius 2 is 1.83 bits per heavy atom. The minimum atomic E-state index is 0.385. The number of hydrogen-bond donors (Lipinski definition) is 0. The normalized spacial score (nSPS) is 17.8. The number of unbranched alkanes of at least 4 members (excludes halogenated alkanes) is 5. The lowest BCUT2D eigenvalue weighted by Crippen LogP contribution is -2.28. The summed E-state index contributed by atoms with van der Waals surface area (Å²) in [7, 11) is 0. The molecule has 0 bridgehead atoms. The topological polar surface area (TPSA) is 27.7 Å². The van der Waals surface area contributed by atoms with Crippen molar-refractivity contribution in [3.63, 3.8) is 0 Å². The smallest absolute Gasteiger partial charge is 0.127 e. The van der Waals surface area contributed by atoms with Crippen molar-refractivity contribution < 1.29 is 14.2 Å². The van der Waals surface area contributed by atoms with Gasteiger partial charge in [0.25, 0.3) is 0 Å². The van der Waals surface area contributed by atoms with Crippen molar-refractivity contribution in [2.75, 3.05) is 26.4 Å². The molecule has 1 fully saturated rings. The van der Waals surface area contributed by atoms with Crippen LogP contribution in [0.3, 0.4) is 0 Å². The number of ether oxygens (including phenoxy) is 3. The zero-order chi connectivity index (χ0) is 17.0. The van der Waals surface area contributed by atoms with E-state index in [-0.39, 0.29) is 0 Å². The first-order valence-electron chi connectivity index (χ1n) is 9.81. The van der Waals surface area contributed by atoms with E-state index in [2.05, 4.69) is 32.0 Å². The van der Waals surface area contributed by atoms with Gasteiger partial charge in [-0.3, -0.25) is 0 Å². The monoisotopic (exact) mass is 334 g/mol. The summed E-state index contributed by atoms with van der Waals surface area (Å²) in [5.41, 5.74) is 0. The number of benzene rings is 1. The fourth-order valence-electron chi connectivity index (χ4n) is 2.91. The molecule has 24 heavy (non-hydrogen) atoms. The van der Waals surface area contributed by atoms with Crippen molar-refractivity contribution in [3.05, 3.63) is 28.6 Å². The van der Waals surface area contributed by atoms with Gasteiger partial charge in [-0.15, -0.1) is 0 Å². The summed E-state index contributed by atoms with van der Waals surface area (Å²) >= 11 is 0. The third-order valence-electron chi connectivity index (χ3n) is 4.56. The maximum Gasteiger partial charge on any atom is 0.127 e. The molecule has 3 rings (SSSR count). The van der Waals surface area contributed by atoms with E-state index in [0.717, 1.165) is 32.2 Å². The molecule has 0 spiro atoms. The van der Waals surface area contributed by atoms with E-state index in [1.54, 1.807) is 0 Å². The van der Waals surface area contributed by atoms with Crippen molar-refractivity contribution in [1.29, 1.82) is 0 Å². The molecule has 3 aliphatic rings. The third-order valence-corrected chi connectivity index (χ3v) is 4.56. The second kappa shape index (κ2) is 11.5. The Morgan fingerprint density at radius 1 is 1.00 bits per heavy atom. The van der Waals surface area contributed by atoms with Crippen LogP contribution in [0.4, 0.5) is 0 Å². The summed E-state index contributed by atoms with van der Waals surface area (Å²) in [6, 6.07) is 6.35. The van der Waals surface area contributed by atoms with E-state index < -0.39 is 0 Å². The summed E-state index contributed by atoms with van der Waals surface area (Å²) in [6.07, 6.45) is 10.6. The lowest BCUT2D eigenvalue weighted by atomic mass is 10.1. The molecule has 3 heteroatoms. The minimum Gasteiger partial charge on any atom is -0.493 e. The molecular weight excluding hydrogens is 300 g/mol. The van der Waals surface area contributed by atoms with E-state index in [1.165, 1.54) is 61.8 Å². The van der Waals surface area contributed by atoms with Crippen LogP contribution in [0.2, 0.25) is 0 Å². The van der Waals surface area contributed by atoms with E-state index in [9.17, 15) is 0 Å². The molecule has 0 amide bonds. The molecule has 2 aliphatic carbocycles. The van der Waals surface area contributed by atoms with Crippen molar-refractivity contribution in [1.82, 2.24) is 0 Å². The summed E-state index contributed by atoms with van der Waals surface area (Å²) in [5, 5.41) is 2.69. The Bertz CT molecular complexity index is 535. The van der Waals surface area contributed by atoms with Crippen LogP contribution in [0.25, 0.3) is 0 Å². The first kappa shape index (κ1) is 19.3. The first-order valence-corrected chi connectivity index (χ1v) is 9.81. The quantitative estimate of drug-likeness (QED) is 0.557. The van der Waals surface area contributed by atoms with Crippen LogP contribution >= 0.6 is 0 Å². The molecule has 1 atom stereocenters. The molecule has 1 unspecified atom stereocenters. The molecule has 1 heterocycles. The summed E-state index contributed by atoms with van der Waals surface area (Å²) in [4.78, 5) is 0. The van der Waals surface area contributed by atoms with Gasteiger partial charge < -0.3 is 14.2 Å². The van der Waals surface area contributed by atoms with E-state index >= 15 is 0 Å². The van der Waals surface area contributed by atoms with Crippen LogP contribution < -0.4 is 4.74 Å². The van der Waals surface area contributed by atoms with Crippen LogP contribution in [-0.2, 0) is 9.47 Å². The van der Waals surface area contributed by atoms with Gasteiger partial charge >= 0.3 is 0 Å². The highest BCUT2D eigenvalue weighted by Crippen LogP contribution is 2.23. The van der Waals surface area contributed by atoms with E-state index in [4.69, 9.17) is 14.2 Å². The average molecular weight is 334 g/mol. The van der Waals surface area contributed by atoms with Crippen molar-refractivity contribution >= 4 is 0 Å². The lowest BCUT2D eigenvalue weighted by molar-refractivity contribution is -0.0912. The van der Waals surface area contributed by atoms with E-state index in [1.807, 2.05) is 0 Å². The van der Waals surface area contributed by atoms with Crippen molar-refractivity contribution in [2.45, 2.75) is 71.3 Å². The first-order chi connectivity index (χ1) is 11.8. The molecular formula is C21H34O3. The zero-order valence-corrected chi connectivity index (χ0v) is 15.5. The lowest BCUT2D eigenvalue weighted by Gasteiger charge is -2.22. The van der Waals surface area contributed by atoms with Gasteiger partial charge in [-0.05, 0) is 24.1 Å². The molecule has 0 aromatic carbocycles. The Kier molecular flexibility index (Phi) is 9.22. The molecule has 0 saturated carbocycles. The second-order valence-corrected chi connectivity index (χ2v) is 6.68. The van der Waals surface area contributed by atoms with Gasteiger partial charge in [0.05, 0.1) is 32.5 Å². The zero-order valence-electron chi connectivity index (χ0n) is 15.5.